The van der Waals surface area contributed by atoms with E-state index in [1.54, 1.807) is 24.3 Å². The number of aromatic amines is 1. The quantitative estimate of drug-likeness (QED) is 0.782. The van der Waals surface area contributed by atoms with E-state index < -0.39 is 0 Å². The number of nitrogen functional groups attached to an aromatic ring is 1. The van der Waals surface area contributed by atoms with E-state index in [9.17, 15) is 14.4 Å². The molecule has 0 radical (unpaired) electrons. The maximum atomic E-state index is 12.2. The molecule has 1 aliphatic heterocycles. The zero-order valence-corrected chi connectivity index (χ0v) is 11.0. The summed E-state index contributed by atoms with van der Waals surface area (Å²) in [6.45, 7) is 0.138. The SMILES string of the molecule is Nc1cc(=O)[nH]c(CCN2C(=O)c3ccccc3C2=O)n1. The maximum absolute atomic E-state index is 12.2. The Balaban J connectivity index is 1.79. The molecule has 0 saturated carbocycles. The van der Waals surface area contributed by atoms with Gasteiger partial charge in [0.2, 0.25) is 0 Å². The second-order valence-electron chi connectivity index (χ2n) is 4.67. The lowest BCUT2D eigenvalue weighted by Crippen LogP contribution is -2.32. The van der Waals surface area contributed by atoms with Crippen LogP contribution in [0.15, 0.2) is 35.1 Å². The number of fused-ring (bicyclic) bond motifs is 1. The highest BCUT2D eigenvalue weighted by Gasteiger charge is 2.34. The first kappa shape index (κ1) is 13.0. The molecule has 1 aliphatic rings. The van der Waals surface area contributed by atoms with E-state index in [0.717, 1.165) is 4.90 Å². The summed E-state index contributed by atoms with van der Waals surface area (Å²) in [6, 6.07) is 7.84. The second kappa shape index (κ2) is 4.86. The van der Waals surface area contributed by atoms with Crippen LogP contribution >= 0.6 is 0 Å². The number of nitrogens with zero attached hydrogens (tertiary/aromatic N) is 2. The molecule has 0 spiro atoms. The molecule has 0 atom stereocenters. The van der Waals surface area contributed by atoms with E-state index in [0.29, 0.717) is 17.0 Å². The van der Waals surface area contributed by atoms with Crippen LogP contribution in [0.2, 0.25) is 0 Å². The Bertz CT molecular complexity index is 762. The van der Waals surface area contributed by atoms with Gasteiger partial charge < -0.3 is 10.7 Å². The van der Waals surface area contributed by atoms with Crippen LogP contribution in [0.25, 0.3) is 0 Å². The molecule has 7 heteroatoms. The molecule has 2 amide bonds. The lowest BCUT2D eigenvalue weighted by Gasteiger charge is -2.13. The fourth-order valence-electron chi connectivity index (χ4n) is 2.31. The van der Waals surface area contributed by atoms with Gasteiger partial charge in [0.25, 0.3) is 17.4 Å². The van der Waals surface area contributed by atoms with Gasteiger partial charge in [0.1, 0.15) is 11.6 Å². The van der Waals surface area contributed by atoms with Gasteiger partial charge in [0, 0.05) is 19.0 Å². The third-order valence-corrected chi connectivity index (χ3v) is 3.26. The van der Waals surface area contributed by atoms with Crippen LogP contribution in [0.4, 0.5) is 5.82 Å². The molecule has 0 aliphatic carbocycles. The highest BCUT2D eigenvalue weighted by atomic mass is 16.2. The summed E-state index contributed by atoms with van der Waals surface area (Å²) in [7, 11) is 0. The number of nitrogens with one attached hydrogen (secondary N) is 1. The van der Waals surface area contributed by atoms with Crippen molar-refractivity contribution in [2.45, 2.75) is 6.42 Å². The van der Waals surface area contributed by atoms with Crippen molar-refractivity contribution in [1.82, 2.24) is 14.9 Å². The minimum atomic E-state index is -0.361. The summed E-state index contributed by atoms with van der Waals surface area (Å²) >= 11 is 0. The molecule has 3 N–H and O–H groups in total. The molecule has 7 nitrogen and oxygen atoms in total. The van der Waals surface area contributed by atoms with Crippen LogP contribution in [0, 0.1) is 0 Å². The number of aromatic nitrogens is 2. The summed E-state index contributed by atoms with van der Waals surface area (Å²) < 4.78 is 0. The molecule has 21 heavy (non-hydrogen) atoms. The highest BCUT2D eigenvalue weighted by Crippen LogP contribution is 2.22. The van der Waals surface area contributed by atoms with Gasteiger partial charge in [-0.15, -0.1) is 0 Å². The van der Waals surface area contributed by atoms with Crippen molar-refractivity contribution >= 4 is 17.6 Å². The average molecular weight is 284 g/mol. The first-order valence-electron chi connectivity index (χ1n) is 6.37. The highest BCUT2D eigenvalue weighted by molar-refractivity contribution is 6.21. The largest absolute Gasteiger partial charge is 0.383 e. The molecule has 2 heterocycles. The van der Waals surface area contributed by atoms with Gasteiger partial charge >= 0.3 is 0 Å². The Morgan fingerprint density at radius 1 is 1.10 bits per heavy atom. The number of anilines is 1. The number of amides is 2. The van der Waals surface area contributed by atoms with Crippen LogP contribution in [0.1, 0.15) is 26.5 Å². The van der Waals surface area contributed by atoms with Crippen LogP contribution in [-0.2, 0) is 6.42 Å². The minimum absolute atomic E-state index is 0.108. The molecule has 2 aromatic rings. The number of hydrogen-bond donors (Lipinski definition) is 2. The lowest BCUT2D eigenvalue weighted by atomic mass is 10.1. The predicted octanol–water partition coefficient (Wildman–Crippen LogP) is 0.191. The van der Waals surface area contributed by atoms with E-state index in [1.807, 2.05) is 0 Å². The van der Waals surface area contributed by atoms with E-state index >= 15 is 0 Å². The van der Waals surface area contributed by atoms with Crippen LogP contribution in [0.5, 0.6) is 0 Å². The van der Waals surface area contributed by atoms with E-state index in [4.69, 9.17) is 5.73 Å². The topological polar surface area (TPSA) is 109 Å². The fraction of sp³-hybridized carbons (Fsp3) is 0.143. The standard InChI is InChI=1S/C14H12N4O3/c15-10-7-12(19)17-11(16-10)5-6-18-13(20)8-3-1-2-4-9(8)14(18)21/h1-4,7H,5-6H2,(H3,15,16,17,19). The Hall–Kier alpha value is -2.96. The molecule has 0 bridgehead atoms. The van der Waals surface area contributed by atoms with Crippen molar-refractivity contribution in [2.75, 3.05) is 12.3 Å². The van der Waals surface area contributed by atoms with E-state index in [1.165, 1.54) is 6.07 Å². The van der Waals surface area contributed by atoms with Crippen molar-refractivity contribution in [2.24, 2.45) is 0 Å². The van der Waals surface area contributed by atoms with Gasteiger partial charge in [-0.05, 0) is 12.1 Å². The number of nitrogens with two attached hydrogens (primary N) is 1. The molecule has 0 saturated heterocycles. The third kappa shape index (κ3) is 2.29. The summed E-state index contributed by atoms with van der Waals surface area (Å²) in [6.07, 6.45) is 0.242. The van der Waals surface area contributed by atoms with E-state index in [2.05, 4.69) is 9.97 Å². The third-order valence-electron chi connectivity index (χ3n) is 3.26. The molecule has 1 aromatic heterocycles. The molecule has 0 unspecified atom stereocenters. The van der Waals surface area contributed by atoms with Crippen molar-refractivity contribution in [3.05, 3.63) is 57.6 Å². The summed E-state index contributed by atoms with van der Waals surface area (Å²) in [4.78, 5) is 43.2. The summed E-state index contributed by atoms with van der Waals surface area (Å²) in [5.74, 6) is -0.212. The van der Waals surface area contributed by atoms with Crippen molar-refractivity contribution in [3.63, 3.8) is 0 Å². The van der Waals surface area contributed by atoms with Crippen molar-refractivity contribution in [1.29, 1.82) is 0 Å². The van der Waals surface area contributed by atoms with E-state index in [-0.39, 0.29) is 36.2 Å². The van der Waals surface area contributed by atoms with Gasteiger partial charge in [-0.1, -0.05) is 12.1 Å². The van der Waals surface area contributed by atoms with Crippen LogP contribution in [-0.4, -0.2) is 33.2 Å². The summed E-state index contributed by atoms with van der Waals surface area (Å²) in [5.41, 5.74) is 5.93. The zero-order valence-electron chi connectivity index (χ0n) is 11.0. The molecule has 0 fully saturated rings. The van der Waals surface area contributed by atoms with Gasteiger partial charge in [-0.25, -0.2) is 4.98 Å². The predicted molar refractivity (Wildman–Crippen MR) is 74.8 cm³/mol. The number of H-pyrrole nitrogens is 1. The van der Waals surface area contributed by atoms with Gasteiger partial charge in [-0.2, -0.15) is 0 Å². The van der Waals surface area contributed by atoms with Crippen molar-refractivity contribution in [3.8, 4) is 0 Å². The van der Waals surface area contributed by atoms with Crippen molar-refractivity contribution < 1.29 is 9.59 Å². The van der Waals surface area contributed by atoms with Gasteiger partial charge in [-0.3, -0.25) is 19.3 Å². The number of carbonyl (C=O) groups is 2. The van der Waals surface area contributed by atoms with Gasteiger partial charge in [0.05, 0.1) is 11.1 Å². The lowest BCUT2D eigenvalue weighted by molar-refractivity contribution is 0.0655. The normalized spacial score (nSPS) is 13.6. The minimum Gasteiger partial charge on any atom is -0.383 e. The van der Waals surface area contributed by atoms with Crippen LogP contribution in [0.3, 0.4) is 0 Å². The zero-order chi connectivity index (χ0) is 15.0. The maximum Gasteiger partial charge on any atom is 0.261 e. The first-order chi connectivity index (χ1) is 10.1. The Morgan fingerprint density at radius 3 is 2.29 bits per heavy atom. The Labute approximate surface area is 119 Å². The smallest absolute Gasteiger partial charge is 0.261 e. The second-order valence-corrected chi connectivity index (χ2v) is 4.67. The molecular weight excluding hydrogens is 272 g/mol. The first-order valence-corrected chi connectivity index (χ1v) is 6.37. The monoisotopic (exact) mass is 284 g/mol. The molecule has 3 rings (SSSR count). The Kier molecular flexibility index (Phi) is 3.02. The van der Waals surface area contributed by atoms with Crippen LogP contribution < -0.4 is 11.3 Å². The summed E-state index contributed by atoms with van der Waals surface area (Å²) in [5, 5.41) is 0. The van der Waals surface area contributed by atoms with Gasteiger partial charge in [0.15, 0.2) is 0 Å². The molecule has 1 aromatic carbocycles. The number of benzene rings is 1. The molecular formula is C14H12N4O3. The number of imide groups is 1. The number of rotatable bonds is 3. The fourth-order valence-corrected chi connectivity index (χ4v) is 2.31. The number of carbonyl (C=O) groups excluding carboxylic acids is 2. The molecule has 106 valence electrons. The number of hydrogen-bond acceptors (Lipinski definition) is 5. The average Bonchev–Trinajstić information content (AvgIpc) is 2.69. The Morgan fingerprint density at radius 2 is 1.71 bits per heavy atom.